The lowest BCUT2D eigenvalue weighted by atomic mass is 9.79. The Morgan fingerprint density at radius 3 is 2.67 bits per heavy atom. The van der Waals surface area contributed by atoms with E-state index in [1.165, 1.54) is 0 Å². The molecule has 1 unspecified atom stereocenters. The van der Waals surface area contributed by atoms with E-state index in [0.717, 1.165) is 42.7 Å². The Balaban J connectivity index is 1.87. The Morgan fingerprint density at radius 2 is 1.95 bits per heavy atom. The van der Waals surface area contributed by atoms with E-state index in [2.05, 4.69) is 22.5 Å². The molecule has 0 amide bonds. The molecule has 0 aliphatic heterocycles. The van der Waals surface area contributed by atoms with Gasteiger partial charge in [-0.2, -0.15) is 0 Å². The minimum Gasteiger partial charge on any atom is -0.390 e. The van der Waals surface area contributed by atoms with E-state index in [1.54, 1.807) is 0 Å². The molecule has 4 heteroatoms. The van der Waals surface area contributed by atoms with Crippen LogP contribution in [0.4, 0.5) is 0 Å². The van der Waals surface area contributed by atoms with Gasteiger partial charge in [-0.15, -0.1) is 0 Å². The van der Waals surface area contributed by atoms with Crippen molar-refractivity contribution in [1.82, 2.24) is 9.55 Å². The summed E-state index contributed by atoms with van der Waals surface area (Å²) in [6.45, 7) is 2.90. The lowest BCUT2D eigenvalue weighted by Crippen LogP contribution is -2.45. The van der Waals surface area contributed by atoms with Crippen molar-refractivity contribution >= 4 is 11.0 Å². The minimum atomic E-state index is -0.936. The van der Waals surface area contributed by atoms with Crippen LogP contribution >= 0.6 is 0 Å². The topological polar surface area (TPSA) is 58.3 Å². The van der Waals surface area contributed by atoms with Gasteiger partial charge in [-0.25, -0.2) is 4.98 Å². The zero-order valence-electron chi connectivity index (χ0n) is 12.6. The van der Waals surface area contributed by atoms with Gasteiger partial charge in [0.1, 0.15) is 5.82 Å². The van der Waals surface area contributed by atoms with Crippen LogP contribution in [0.3, 0.4) is 0 Å². The summed E-state index contributed by atoms with van der Waals surface area (Å²) in [5, 5.41) is 21.2. The Morgan fingerprint density at radius 1 is 1.24 bits per heavy atom. The SMILES string of the molecule is CCn1c(CC(O)C2(O)CCCCC2)nc2ccccc21. The summed E-state index contributed by atoms with van der Waals surface area (Å²) in [7, 11) is 0. The highest BCUT2D eigenvalue weighted by Gasteiger charge is 2.37. The van der Waals surface area contributed by atoms with Gasteiger partial charge in [0.25, 0.3) is 0 Å². The molecule has 0 radical (unpaired) electrons. The number of aliphatic hydroxyl groups is 2. The second-order valence-corrected chi connectivity index (χ2v) is 6.15. The van der Waals surface area contributed by atoms with Crippen LogP contribution < -0.4 is 0 Å². The van der Waals surface area contributed by atoms with E-state index in [9.17, 15) is 10.2 Å². The first-order chi connectivity index (χ1) is 10.1. The van der Waals surface area contributed by atoms with Crippen LogP contribution in [0.15, 0.2) is 24.3 Å². The fourth-order valence-electron chi connectivity index (χ4n) is 3.49. The molecule has 0 bridgehead atoms. The zero-order chi connectivity index (χ0) is 14.9. The van der Waals surface area contributed by atoms with Crippen LogP contribution in [0, 0.1) is 0 Å². The number of benzene rings is 1. The van der Waals surface area contributed by atoms with Crippen molar-refractivity contribution in [1.29, 1.82) is 0 Å². The normalized spacial score (nSPS) is 19.8. The van der Waals surface area contributed by atoms with Crippen molar-refractivity contribution in [3.63, 3.8) is 0 Å². The van der Waals surface area contributed by atoms with Gasteiger partial charge in [0, 0.05) is 13.0 Å². The molecule has 1 aromatic heterocycles. The Hall–Kier alpha value is -1.39. The molecule has 4 nitrogen and oxygen atoms in total. The van der Waals surface area contributed by atoms with Gasteiger partial charge in [0.05, 0.1) is 22.7 Å². The summed E-state index contributed by atoms with van der Waals surface area (Å²) in [6.07, 6.45) is 4.22. The van der Waals surface area contributed by atoms with E-state index in [1.807, 2.05) is 18.2 Å². The summed E-state index contributed by atoms with van der Waals surface area (Å²) in [5.41, 5.74) is 1.12. The predicted molar refractivity (Wildman–Crippen MR) is 83.2 cm³/mol. The van der Waals surface area contributed by atoms with Gasteiger partial charge >= 0.3 is 0 Å². The molecule has 0 saturated heterocycles. The van der Waals surface area contributed by atoms with Crippen molar-refractivity contribution in [3.05, 3.63) is 30.1 Å². The lowest BCUT2D eigenvalue weighted by molar-refractivity contribution is -0.0968. The third kappa shape index (κ3) is 2.70. The van der Waals surface area contributed by atoms with Crippen molar-refractivity contribution < 1.29 is 10.2 Å². The highest BCUT2D eigenvalue weighted by Crippen LogP contribution is 2.32. The number of fused-ring (bicyclic) bond motifs is 1. The van der Waals surface area contributed by atoms with Gasteiger partial charge in [0.2, 0.25) is 0 Å². The van der Waals surface area contributed by atoms with Crippen molar-refractivity contribution in [2.45, 2.75) is 63.7 Å². The zero-order valence-corrected chi connectivity index (χ0v) is 12.6. The maximum atomic E-state index is 10.7. The molecular formula is C17H24N2O2. The third-order valence-electron chi connectivity index (χ3n) is 4.77. The van der Waals surface area contributed by atoms with Crippen LogP contribution in [0.1, 0.15) is 44.9 Å². The largest absolute Gasteiger partial charge is 0.390 e. The smallest absolute Gasteiger partial charge is 0.112 e. The molecule has 21 heavy (non-hydrogen) atoms. The molecule has 1 fully saturated rings. The van der Waals surface area contributed by atoms with Crippen LogP contribution in [0.25, 0.3) is 11.0 Å². The molecule has 1 atom stereocenters. The van der Waals surface area contributed by atoms with E-state index in [0.29, 0.717) is 19.3 Å². The molecule has 2 N–H and O–H groups in total. The van der Waals surface area contributed by atoms with Crippen LogP contribution in [0.5, 0.6) is 0 Å². The number of aliphatic hydroxyl groups excluding tert-OH is 1. The molecule has 1 saturated carbocycles. The maximum absolute atomic E-state index is 10.7. The molecule has 1 aliphatic carbocycles. The average molecular weight is 288 g/mol. The first-order valence-corrected chi connectivity index (χ1v) is 7.98. The van der Waals surface area contributed by atoms with E-state index in [-0.39, 0.29) is 0 Å². The number of aromatic nitrogens is 2. The molecule has 114 valence electrons. The number of para-hydroxylation sites is 2. The Bertz CT molecular complexity index is 614. The van der Waals surface area contributed by atoms with Gasteiger partial charge in [0.15, 0.2) is 0 Å². The number of aryl methyl sites for hydroxylation is 1. The first-order valence-electron chi connectivity index (χ1n) is 7.98. The quantitative estimate of drug-likeness (QED) is 0.909. The van der Waals surface area contributed by atoms with Crippen molar-refractivity contribution in [2.75, 3.05) is 0 Å². The predicted octanol–water partition coefficient (Wildman–Crippen LogP) is 2.65. The molecule has 1 heterocycles. The fraction of sp³-hybridized carbons (Fsp3) is 0.588. The number of hydrogen-bond acceptors (Lipinski definition) is 3. The molecule has 3 rings (SSSR count). The van der Waals surface area contributed by atoms with Crippen molar-refractivity contribution in [2.24, 2.45) is 0 Å². The number of rotatable bonds is 4. The van der Waals surface area contributed by atoms with Crippen molar-refractivity contribution in [3.8, 4) is 0 Å². The van der Waals surface area contributed by atoms with Crippen LogP contribution in [0.2, 0.25) is 0 Å². The summed E-state index contributed by atoms with van der Waals surface area (Å²) >= 11 is 0. The lowest BCUT2D eigenvalue weighted by Gasteiger charge is -2.36. The van der Waals surface area contributed by atoms with Gasteiger partial charge in [-0.1, -0.05) is 31.4 Å². The van der Waals surface area contributed by atoms with Crippen LogP contribution in [-0.4, -0.2) is 31.5 Å². The summed E-state index contributed by atoms with van der Waals surface area (Å²) < 4.78 is 2.13. The maximum Gasteiger partial charge on any atom is 0.112 e. The molecule has 0 spiro atoms. The molecule has 2 aromatic rings. The number of imidazole rings is 1. The van der Waals surface area contributed by atoms with E-state index < -0.39 is 11.7 Å². The highest BCUT2D eigenvalue weighted by molar-refractivity contribution is 5.75. The van der Waals surface area contributed by atoms with E-state index in [4.69, 9.17) is 0 Å². The Labute approximate surface area is 125 Å². The molecule has 1 aromatic carbocycles. The van der Waals surface area contributed by atoms with E-state index >= 15 is 0 Å². The highest BCUT2D eigenvalue weighted by atomic mass is 16.3. The molecule has 1 aliphatic rings. The summed E-state index contributed by atoms with van der Waals surface area (Å²) in [5.74, 6) is 0.866. The second-order valence-electron chi connectivity index (χ2n) is 6.15. The average Bonchev–Trinajstić information content (AvgIpc) is 2.85. The van der Waals surface area contributed by atoms with Gasteiger partial charge < -0.3 is 14.8 Å². The summed E-state index contributed by atoms with van der Waals surface area (Å²) in [4.78, 5) is 4.64. The van der Waals surface area contributed by atoms with Crippen LogP contribution in [-0.2, 0) is 13.0 Å². The summed E-state index contributed by atoms with van der Waals surface area (Å²) in [6, 6.07) is 8.03. The third-order valence-corrected chi connectivity index (χ3v) is 4.77. The number of hydrogen-bond donors (Lipinski definition) is 2. The fourth-order valence-corrected chi connectivity index (χ4v) is 3.49. The Kier molecular flexibility index (Phi) is 4.00. The standard InChI is InChI=1S/C17H24N2O2/c1-2-19-14-9-5-4-8-13(14)18-16(19)12-15(20)17(21)10-6-3-7-11-17/h4-5,8-9,15,20-21H,2-3,6-7,10-12H2,1H3. The second kappa shape index (κ2) is 5.78. The monoisotopic (exact) mass is 288 g/mol. The van der Waals surface area contributed by atoms with Gasteiger partial charge in [-0.3, -0.25) is 0 Å². The number of nitrogens with zero attached hydrogens (tertiary/aromatic N) is 2. The van der Waals surface area contributed by atoms with Gasteiger partial charge in [-0.05, 0) is 31.9 Å². The minimum absolute atomic E-state index is 0.416. The first kappa shape index (κ1) is 14.5. The molecular weight excluding hydrogens is 264 g/mol.